The van der Waals surface area contributed by atoms with E-state index in [0.717, 1.165) is 27.4 Å². The third-order valence-electron chi connectivity index (χ3n) is 5.72. The molecule has 0 atom stereocenters. The second-order valence-corrected chi connectivity index (χ2v) is 9.20. The number of amides is 2. The number of rotatable bonds is 5. The van der Waals surface area contributed by atoms with Crippen LogP contribution in [0.5, 0.6) is 0 Å². The van der Waals surface area contributed by atoms with E-state index < -0.39 is 0 Å². The number of halogens is 1. The summed E-state index contributed by atoms with van der Waals surface area (Å²) in [6.07, 6.45) is 0. The summed E-state index contributed by atoms with van der Waals surface area (Å²) in [6.45, 7) is 6.80. The van der Waals surface area contributed by atoms with Crippen molar-refractivity contribution in [1.29, 1.82) is 0 Å². The Bertz CT molecular complexity index is 1120. The highest BCUT2D eigenvalue weighted by Crippen LogP contribution is 2.26. The van der Waals surface area contributed by atoms with Crippen molar-refractivity contribution in [2.24, 2.45) is 0 Å². The van der Waals surface area contributed by atoms with Gasteiger partial charge in [0.25, 0.3) is 5.91 Å². The van der Waals surface area contributed by atoms with Crippen LogP contribution in [-0.2, 0) is 4.79 Å². The molecule has 4 rings (SSSR count). The fourth-order valence-corrected chi connectivity index (χ4v) is 4.57. The van der Waals surface area contributed by atoms with E-state index in [1.54, 1.807) is 10.3 Å². The van der Waals surface area contributed by atoms with Gasteiger partial charge in [0.15, 0.2) is 0 Å². The summed E-state index contributed by atoms with van der Waals surface area (Å²) in [7, 11) is 0. The number of anilines is 1. The van der Waals surface area contributed by atoms with Gasteiger partial charge in [0, 0.05) is 47.8 Å². The fraction of sp³-hybridized carbons (Fsp3) is 0.292. The Balaban J connectivity index is 1.30. The van der Waals surface area contributed by atoms with Gasteiger partial charge in [-0.15, -0.1) is 11.3 Å². The van der Waals surface area contributed by atoms with Gasteiger partial charge in [-0.05, 0) is 43.2 Å². The van der Waals surface area contributed by atoms with Crippen LogP contribution in [0.15, 0.2) is 47.8 Å². The van der Waals surface area contributed by atoms with Gasteiger partial charge in [0.05, 0.1) is 6.54 Å². The van der Waals surface area contributed by atoms with Crippen LogP contribution in [0.25, 0.3) is 10.6 Å². The number of carbonyl (C=O) groups excluding carboxylic acids is 2. The Morgan fingerprint density at radius 2 is 1.78 bits per heavy atom. The molecule has 1 fully saturated rings. The zero-order valence-electron chi connectivity index (χ0n) is 18.1. The molecular weight excluding hydrogens is 444 g/mol. The minimum Gasteiger partial charge on any atom is -0.335 e. The molecule has 166 valence electrons. The van der Waals surface area contributed by atoms with E-state index in [9.17, 15) is 9.59 Å². The van der Waals surface area contributed by atoms with Crippen LogP contribution in [0.1, 0.15) is 21.6 Å². The van der Waals surface area contributed by atoms with Crippen LogP contribution >= 0.6 is 22.9 Å². The molecule has 0 bridgehead atoms. The van der Waals surface area contributed by atoms with Crippen molar-refractivity contribution in [3.05, 3.63) is 69.7 Å². The summed E-state index contributed by atoms with van der Waals surface area (Å²) in [5, 5.41) is 6.27. The number of nitrogens with one attached hydrogen (secondary N) is 1. The van der Waals surface area contributed by atoms with Crippen molar-refractivity contribution >= 4 is 40.4 Å². The van der Waals surface area contributed by atoms with Crippen molar-refractivity contribution in [3.8, 4) is 10.6 Å². The minimum atomic E-state index is -0.0686. The summed E-state index contributed by atoms with van der Waals surface area (Å²) in [4.78, 5) is 33.8. The fourth-order valence-electron chi connectivity index (χ4n) is 3.65. The molecule has 1 saturated heterocycles. The Kier molecular flexibility index (Phi) is 6.89. The maximum absolute atomic E-state index is 12.9. The maximum Gasteiger partial charge on any atom is 0.273 e. The minimum absolute atomic E-state index is 0.0365. The van der Waals surface area contributed by atoms with Crippen LogP contribution in [0.4, 0.5) is 5.69 Å². The largest absolute Gasteiger partial charge is 0.335 e. The van der Waals surface area contributed by atoms with Gasteiger partial charge >= 0.3 is 0 Å². The van der Waals surface area contributed by atoms with Crippen molar-refractivity contribution in [2.45, 2.75) is 13.8 Å². The number of benzene rings is 2. The van der Waals surface area contributed by atoms with E-state index in [2.05, 4.69) is 15.2 Å². The lowest BCUT2D eigenvalue weighted by Crippen LogP contribution is -2.50. The number of nitrogens with zero attached hydrogens (tertiary/aromatic N) is 3. The topological polar surface area (TPSA) is 65.5 Å². The van der Waals surface area contributed by atoms with E-state index in [1.165, 1.54) is 11.3 Å². The zero-order valence-corrected chi connectivity index (χ0v) is 19.7. The highest BCUT2D eigenvalue weighted by atomic mass is 35.5. The van der Waals surface area contributed by atoms with E-state index in [0.29, 0.717) is 43.4 Å². The summed E-state index contributed by atoms with van der Waals surface area (Å²) < 4.78 is 0. The smallest absolute Gasteiger partial charge is 0.273 e. The second-order valence-electron chi connectivity index (χ2n) is 7.91. The first-order chi connectivity index (χ1) is 15.4. The third-order valence-corrected chi connectivity index (χ3v) is 6.86. The average molecular weight is 469 g/mol. The molecule has 32 heavy (non-hydrogen) atoms. The molecule has 6 nitrogen and oxygen atoms in total. The van der Waals surface area contributed by atoms with Gasteiger partial charge in [-0.3, -0.25) is 14.5 Å². The number of piperazine rings is 1. The summed E-state index contributed by atoms with van der Waals surface area (Å²) in [5.41, 5.74) is 4.48. The SMILES string of the molecule is Cc1cccc(NC(=O)CN2CCN(C(=O)c3csc(-c4ccc(Cl)cc4)n3)CC2)c1C. The van der Waals surface area contributed by atoms with E-state index in [-0.39, 0.29) is 11.8 Å². The monoisotopic (exact) mass is 468 g/mol. The summed E-state index contributed by atoms with van der Waals surface area (Å²) >= 11 is 7.39. The highest BCUT2D eigenvalue weighted by molar-refractivity contribution is 7.13. The first kappa shape index (κ1) is 22.5. The van der Waals surface area contributed by atoms with Gasteiger partial charge in [-0.25, -0.2) is 4.98 Å². The molecule has 2 amide bonds. The molecule has 8 heteroatoms. The molecule has 0 radical (unpaired) electrons. The van der Waals surface area contributed by atoms with Gasteiger partial charge in [-0.1, -0.05) is 35.9 Å². The predicted molar refractivity (Wildman–Crippen MR) is 129 cm³/mol. The standard InChI is InChI=1S/C24H25ClN4O2S/c1-16-4-3-5-20(17(16)2)26-22(30)14-28-10-12-29(13-11-28)24(31)21-15-32-23(27-21)18-6-8-19(25)9-7-18/h3-9,15H,10-14H2,1-2H3,(H,26,30). The van der Waals surface area contributed by atoms with Crippen LogP contribution in [0.3, 0.4) is 0 Å². The lowest BCUT2D eigenvalue weighted by molar-refractivity contribution is -0.117. The molecule has 1 aromatic heterocycles. The van der Waals surface area contributed by atoms with E-state index in [4.69, 9.17) is 11.6 Å². The molecule has 0 aliphatic carbocycles. The predicted octanol–water partition coefficient (Wildman–Crippen LogP) is 4.48. The average Bonchev–Trinajstić information content (AvgIpc) is 3.28. The second kappa shape index (κ2) is 9.81. The number of carbonyl (C=O) groups is 2. The molecule has 2 heterocycles. The molecule has 1 aliphatic heterocycles. The molecule has 1 N–H and O–H groups in total. The Hall–Kier alpha value is -2.74. The van der Waals surface area contributed by atoms with E-state index >= 15 is 0 Å². The molecule has 0 spiro atoms. The molecule has 3 aromatic rings. The Labute approximate surface area is 196 Å². The number of aromatic nitrogens is 1. The summed E-state index contributed by atoms with van der Waals surface area (Å²) in [5.74, 6) is -0.105. The van der Waals surface area contributed by atoms with Crippen LogP contribution in [-0.4, -0.2) is 59.3 Å². The zero-order chi connectivity index (χ0) is 22.7. The third kappa shape index (κ3) is 5.18. The summed E-state index contributed by atoms with van der Waals surface area (Å²) in [6, 6.07) is 13.3. The van der Waals surface area contributed by atoms with Gasteiger partial charge in [0.1, 0.15) is 10.7 Å². The Morgan fingerprint density at radius 3 is 2.50 bits per heavy atom. The van der Waals surface area contributed by atoms with Crippen LogP contribution in [0, 0.1) is 13.8 Å². The lowest BCUT2D eigenvalue weighted by Gasteiger charge is -2.34. The van der Waals surface area contributed by atoms with Crippen molar-refractivity contribution in [2.75, 3.05) is 38.0 Å². The maximum atomic E-state index is 12.9. The molecular formula is C24H25ClN4O2S. The molecule has 2 aromatic carbocycles. The van der Waals surface area contributed by atoms with Crippen LogP contribution < -0.4 is 5.32 Å². The first-order valence-electron chi connectivity index (χ1n) is 10.5. The normalized spacial score (nSPS) is 14.4. The highest BCUT2D eigenvalue weighted by Gasteiger charge is 2.25. The van der Waals surface area contributed by atoms with Gasteiger partial charge in [-0.2, -0.15) is 0 Å². The van der Waals surface area contributed by atoms with E-state index in [1.807, 2.05) is 56.3 Å². The number of hydrogen-bond acceptors (Lipinski definition) is 5. The Morgan fingerprint density at radius 1 is 1.06 bits per heavy atom. The number of aryl methyl sites for hydroxylation is 1. The number of hydrogen-bond donors (Lipinski definition) is 1. The van der Waals surface area contributed by atoms with Gasteiger partial charge in [0.2, 0.25) is 5.91 Å². The number of thiazole rings is 1. The van der Waals surface area contributed by atoms with Crippen molar-refractivity contribution in [1.82, 2.24) is 14.8 Å². The van der Waals surface area contributed by atoms with Crippen molar-refractivity contribution < 1.29 is 9.59 Å². The first-order valence-corrected chi connectivity index (χ1v) is 11.8. The lowest BCUT2D eigenvalue weighted by atomic mass is 10.1. The molecule has 1 aliphatic rings. The quantitative estimate of drug-likeness (QED) is 0.599. The molecule has 0 unspecified atom stereocenters. The van der Waals surface area contributed by atoms with Crippen LogP contribution in [0.2, 0.25) is 5.02 Å². The molecule has 0 saturated carbocycles. The van der Waals surface area contributed by atoms with Gasteiger partial charge < -0.3 is 10.2 Å². The van der Waals surface area contributed by atoms with Crippen molar-refractivity contribution in [3.63, 3.8) is 0 Å².